The van der Waals surface area contributed by atoms with Crippen LogP contribution in [0.15, 0.2) is 40.3 Å². The van der Waals surface area contributed by atoms with E-state index in [9.17, 15) is 14.9 Å². The first-order valence-corrected chi connectivity index (χ1v) is 6.80. The van der Waals surface area contributed by atoms with Crippen LogP contribution in [-0.4, -0.2) is 21.1 Å². The molecule has 1 atom stereocenters. The Morgan fingerprint density at radius 1 is 1.30 bits per heavy atom. The molecule has 0 spiro atoms. The van der Waals surface area contributed by atoms with E-state index in [0.29, 0.717) is 5.56 Å². The number of nitrogens with zero attached hydrogens (tertiary/aromatic N) is 3. The van der Waals surface area contributed by atoms with Gasteiger partial charge in [-0.1, -0.05) is 5.57 Å². The van der Waals surface area contributed by atoms with Gasteiger partial charge in [-0.2, -0.15) is 0 Å². The molecule has 2 rings (SSSR count). The van der Waals surface area contributed by atoms with Gasteiger partial charge in [0, 0.05) is 23.8 Å². The molecule has 0 saturated heterocycles. The molecule has 120 valence electrons. The van der Waals surface area contributed by atoms with Crippen LogP contribution in [-0.2, 0) is 9.53 Å². The van der Waals surface area contributed by atoms with Crippen molar-refractivity contribution in [1.82, 2.24) is 10.2 Å². The summed E-state index contributed by atoms with van der Waals surface area (Å²) in [5.41, 5.74) is 1.33. The Bertz CT molecular complexity index is 745. The van der Waals surface area contributed by atoms with E-state index in [-0.39, 0.29) is 17.5 Å². The van der Waals surface area contributed by atoms with Crippen LogP contribution >= 0.6 is 0 Å². The molecule has 0 aliphatic carbocycles. The molecular weight excluding hydrogens is 302 g/mol. The van der Waals surface area contributed by atoms with Gasteiger partial charge in [-0.25, -0.2) is 4.79 Å². The predicted octanol–water partition coefficient (Wildman–Crippen LogP) is 3.22. The molecule has 0 N–H and O–H groups in total. The minimum Gasteiger partial charge on any atom is -0.449 e. The molecular formula is C15H15N3O5. The number of hydrogen-bond donors (Lipinski definition) is 0. The van der Waals surface area contributed by atoms with Crippen LogP contribution in [0.3, 0.4) is 0 Å². The van der Waals surface area contributed by atoms with E-state index in [2.05, 4.69) is 10.2 Å². The SMILES string of the molecule is CC(C)=CC(=O)O[C@@H](C)c1nnc(-c2ccc([N+](=O)[O-])cc2)o1. The highest BCUT2D eigenvalue weighted by Crippen LogP contribution is 2.24. The summed E-state index contributed by atoms with van der Waals surface area (Å²) in [5, 5.41) is 18.3. The lowest BCUT2D eigenvalue weighted by molar-refractivity contribution is -0.384. The van der Waals surface area contributed by atoms with Crippen molar-refractivity contribution in [1.29, 1.82) is 0 Å². The highest BCUT2D eigenvalue weighted by molar-refractivity contribution is 5.82. The average molecular weight is 317 g/mol. The second kappa shape index (κ2) is 6.82. The number of nitro benzene ring substituents is 1. The van der Waals surface area contributed by atoms with E-state index in [0.717, 1.165) is 5.57 Å². The Hall–Kier alpha value is -3.03. The van der Waals surface area contributed by atoms with Gasteiger partial charge in [0.2, 0.25) is 5.89 Å². The summed E-state index contributed by atoms with van der Waals surface area (Å²) >= 11 is 0. The summed E-state index contributed by atoms with van der Waals surface area (Å²) in [6, 6.07) is 5.71. The van der Waals surface area contributed by atoms with Crippen molar-refractivity contribution in [3.63, 3.8) is 0 Å². The molecule has 0 amide bonds. The number of ether oxygens (including phenoxy) is 1. The van der Waals surface area contributed by atoms with E-state index in [1.807, 2.05) is 0 Å². The third kappa shape index (κ3) is 4.22. The number of rotatable bonds is 5. The lowest BCUT2D eigenvalue weighted by Gasteiger charge is -2.07. The zero-order valence-electron chi connectivity index (χ0n) is 12.8. The predicted molar refractivity (Wildman–Crippen MR) is 80.3 cm³/mol. The van der Waals surface area contributed by atoms with Crippen LogP contribution in [0.1, 0.15) is 32.8 Å². The summed E-state index contributed by atoms with van der Waals surface area (Å²) < 4.78 is 10.6. The third-order valence-electron chi connectivity index (χ3n) is 2.81. The Morgan fingerprint density at radius 2 is 1.96 bits per heavy atom. The first-order valence-electron chi connectivity index (χ1n) is 6.80. The first-order chi connectivity index (χ1) is 10.9. The number of allylic oxidation sites excluding steroid dienone is 1. The van der Waals surface area contributed by atoms with Crippen LogP contribution in [0.25, 0.3) is 11.5 Å². The summed E-state index contributed by atoms with van der Waals surface area (Å²) in [4.78, 5) is 21.7. The number of aromatic nitrogens is 2. The minimum atomic E-state index is -0.697. The molecule has 0 unspecified atom stereocenters. The third-order valence-corrected chi connectivity index (χ3v) is 2.81. The fraction of sp³-hybridized carbons (Fsp3) is 0.267. The van der Waals surface area contributed by atoms with Crippen molar-refractivity contribution in [3.05, 3.63) is 51.9 Å². The van der Waals surface area contributed by atoms with Crippen LogP contribution in [0.5, 0.6) is 0 Å². The second-order valence-corrected chi connectivity index (χ2v) is 5.05. The van der Waals surface area contributed by atoms with E-state index >= 15 is 0 Å². The van der Waals surface area contributed by atoms with Crippen molar-refractivity contribution in [2.45, 2.75) is 26.9 Å². The summed E-state index contributed by atoms with van der Waals surface area (Å²) in [6.45, 7) is 5.18. The molecule has 8 heteroatoms. The van der Waals surface area contributed by atoms with E-state index in [4.69, 9.17) is 9.15 Å². The number of nitro groups is 1. The molecule has 23 heavy (non-hydrogen) atoms. The normalized spacial score (nSPS) is 11.6. The van der Waals surface area contributed by atoms with Crippen molar-refractivity contribution in [2.24, 2.45) is 0 Å². The van der Waals surface area contributed by atoms with Gasteiger partial charge in [-0.15, -0.1) is 10.2 Å². The van der Waals surface area contributed by atoms with E-state index in [1.54, 1.807) is 20.8 Å². The first kappa shape index (κ1) is 16.3. The molecule has 8 nitrogen and oxygen atoms in total. The number of esters is 1. The molecule has 0 radical (unpaired) electrons. The molecule has 1 aromatic heterocycles. The zero-order valence-corrected chi connectivity index (χ0v) is 12.8. The Labute approximate surface area is 131 Å². The molecule has 0 bridgehead atoms. The summed E-state index contributed by atoms with van der Waals surface area (Å²) in [5.74, 6) is -0.151. The van der Waals surface area contributed by atoms with Gasteiger partial charge in [-0.05, 0) is 32.9 Å². The lowest BCUT2D eigenvalue weighted by Crippen LogP contribution is -2.06. The minimum absolute atomic E-state index is 0.0301. The van der Waals surface area contributed by atoms with Crippen LogP contribution < -0.4 is 0 Å². The number of carbonyl (C=O) groups excluding carboxylic acids is 1. The van der Waals surface area contributed by atoms with Gasteiger partial charge in [-0.3, -0.25) is 10.1 Å². The van der Waals surface area contributed by atoms with Gasteiger partial charge in [0.25, 0.3) is 11.6 Å². The Balaban J connectivity index is 2.12. The number of benzene rings is 1. The quantitative estimate of drug-likeness (QED) is 0.360. The van der Waals surface area contributed by atoms with Gasteiger partial charge >= 0.3 is 5.97 Å². The van der Waals surface area contributed by atoms with Gasteiger partial charge in [0.05, 0.1) is 4.92 Å². The molecule has 2 aromatic rings. The largest absolute Gasteiger partial charge is 0.449 e. The standard InChI is InChI=1S/C15H15N3O5/c1-9(2)8-13(19)22-10(3)14-16-17-15(23-14)11-4-6-12(7-5-11)18(20)21/h4-8,10H,1-3H3/t10-/m0/s1. The Kier molecular flexibility index (Phi) is 4.85. The molecule has 0 aliphatic rings. The average Bonchev–Trinajstić information content (AvgIpc) is 2.96. The maximum absolute atomic E-state index is 11.6. The van der Waals surface area contributed by atoms with Crippen molar-refractivity contribution >= 4 is 11.7 Å². The lowest BCUT2D eigenvalue weighted by atomic mass is 10.2. The summed E-state index contributed by atoms with van der Waals surface area (Å²) in [7, 11) is 0. The number of non-ortho nitro benzene ring substituents is 1. The fourth-order valence-electron chi connectivity index (χ4n) is 1.74. The van der Waals surface area contributed by atoms with Gasteiger partial charge in [0.1, 0.15) is 0 Å². The molecule has 1 aromatic carbocycles. The van der Waals surface area contributed by atoms with Crippen molar-refractivity contribution in [2.75, 3.05) is 0 Å². The Morgan fingerprint density at radius 3 is 2.52 bits per heavy atom. The monoisotopic (exact) mass is 317 g/mol. The molecule has 0 fully saturated rings. The number of hydrogen-bond acceptors (Lipinski definition) is 7. The molecule has 0 saturated carbocycles. The molecule has 0 aliphatic heterocycles. The van der Waals surface area contributed by atoms with Crippen LogP contribution in [0, 0.1) is 10.1 Å². The van der Waals surface area contributed by atoms with Crippen LogP contribution in [0.4, 0.5) is 5.69 Å². The maximum atomic E-state index is 11.6. The molecule has 1 heterocycles. The van der Waals surface area contributed by atoms with Crippen molar-refractivity contribution < 1.29 is 18.9 Å². The maximum Gasteiger partial charge on any atom is 0.331 e. The van der Waals surface area contributed by atoms with E-state index in [1.165, 1.54) is 30.3 Å². The highest BCUT2D eigenvalue weighted by atomic mass is 16.6. The van der Waals surface area contributed by atoms with Gasteiger partial charge in [0.15, 0.2) is 6.10 Å². The second-order valence-electron chi connectivity index (χ2n) is 5.05. The van der Waals surface area contributed by atoms with E-state index < -0.39 is 17.0 Å². The topological polar surface area (TPSA) is 108 Å². The summed E-state index contributed by atoms with van der Waals surface area (Å²) in [6.07, 6.45) is 0.668. The van der Waals surface area contributed by atoms with Gasteiger partial charge < -0.3 is 9.15 Å². The number of carbonyl (C=O) groups is 1. The van der Waals surface area contributed by atoms with Crippen LogP contribution in [0.2, 0.25) is 0 Å². The smallest absolute Gasteiger partial charge is 0.331 e. The highest BCUT2D eigenvalue weighted by Gasteiger charge is 2.18. The van der Waals surface area contributed by atoms with Crippen molar-refractivity contribution in [3.8, 4) is 11.5 Å². The fourth-order valence-corrected chi connectivity index (χ4v) is 1.74. The zero-order chi connectivity index (χ0) is 17.0.